The van der Waals surface area contributed by atoms with Crippen LogP contribution in [0.5, 0.6) is 0 Å². The Morgan fingerprint density at radius 3 is 2.44 bits per heavy atom. The van der Waals surface area contributed by atoms with Gasteiger partial charge in [0, 0.05) is 26.7 Å². The van der Waals surface area contributed by atoms with Gasteiger partial charge in [-0.05, 0) is 6.08 Å². The van der Waals surface area contributed by atoms with Gasteiger partial charge in [-0.1, -0.05) is 6.92 Å². The third kappa shape index (κ3) is 5.07. The minimum atomic E-state index is 0.170. The molecule has 9 heavy (non-hydrogen) atoms. The van der Waals surface area contributed by atoms with E-state index in [1.807, 2.05) is 25.9 Å². The molecule has 0 saturated carbocycles. The van der Waals surface area contributed by atoms with Crippen LogP contribution in [0, 0.1) is 0 Å². The molecule has 0 atom stereocenters. The number of rotatable bonds is 3. The fourth-order valence-electron chi connectivity index (χ4n) is 0.350. The molecule has 0 spiro atoms. The summed E-state index contributed by atoms with van der Waals surface area (Å²) in [5, 5.41) is 0. The van der Waals surface area contributed by atoms with Gasteiger partial charge in [0.15, 0.2) is 5.78 Å². The molecule has 0 aliphatic rings. The monoisotopic (exact) mass is 127 g/mol. The Balaban J connectivity index is 3.57. The Kier molecular flexibility index (Phi) is 3.76. The lowest BCUT2D eigenvalue weighted by Gasteiger charge is -2.01. The van der Waals surface area contributed by atoms with Gasteiger partial charge in [-0.3, -0.25) is 4.79 Å². The van der Waals surface area contributed by atoms with Crippen molar-refractivity contribution in [2.45, 2.75) is 13.3 Å². The van der Waals surface area contributed by atoms with Crippen molar-refractivity contribution in [2.75, 3.05) is 14.1 Å². The molecule has 0 aromatic heterocycles. The van der Waals surface area contributed by atoms with Crippen LogP contribution in [0.4, 0.5) is 0 Å². The molecule has 0 aromatic carbocycles. The third-order valence-corrected chi connectivity index (χ3v) is 0.907. The Morgan fingerprint density at radius 2 is 2.11 bits per heavy atom. The lowest BCUT2D eigenvalue weighted by Crippen LogP contribution is -2.01. The predicted octanol–water partition coefficient (Wildman–Crippen LogP) is 1.04. The number of carbonyl (C=O) groups excluding carboxylic acids is 1. The SMILES string of the molecule is CCC(=O)/C=C/N(C)C. The molecule has 0 rings (SSSR count). The van der Waals surface area contributed by atoms with Crippen molar-refractivity contribution in [2.24, 2.45) is 0 Å². The maximum Gasteiger partial charge on any atom is 0.156 e. The zero-order chi connectivity index (χ0) is 7.28. The fraction of sp³-hybridized carbons (Fsp3) is 0.571. The minimum Gasteiger partial charge on any atom is -0.383 e. The molecule has 0 radical (unpaired) electrons. The summed E-state index contributed by atoms with van der Waals surface area (Å²) in [6.07, 6.45) is 3.93. The number of nitrogens with zero attached hydrogens (tertiary/aromatic N) is 1. The maximum atomic E-state index is 10.6. The van der Waals surface area contributed by atoms with Gasteiger partial charge in [-0.25, -0.2) is 0 Å². The van der Waals surface area contributed by atoms with E-state index in [-0.39, 0.29) is 5.78 Å². The van der Waals surface area contributed by atoms with E-state index in [4.69, 9.17) is 0 Å². The standard InChI is InChI=1S/C7H13NO/c1-4-7(9)5-6-8(2)3/h5-6H,4H2,1-3H3/b6-5+. The third-order valence-electron chi connectivity index (χ3n) is 0.907. The van der Waals surface area contributed by atoms with Crippen LogP contribution < -0.4 is 0 Å². The molecule has 0 bridgehead atoms. The van der Waals surface area contributed by atoms with Crippen molar-refractivity contribution in [1.82, 2.24) is 4.90 Å². The smallest absolute Gasteiger partial charge is 0.156 e. The highest BCUT2D eigenvalue weighted by Gasteiger charge is 1.87. The van der Waals surface area contributed by atoms with E-state index in [1.165, 1.54) is 0 Å². The van der Waals surface area contributed by atoms with E-state index in [0.717, 1.165) is 0 Å². The normalized spacial score (nSPS) is 10.1. The van der Waals surface area contributed by atoms with Gasteiger partial charge in [0.2, 0.25) is 0 Å². The fourth-order valence-corrected chi connectivity index (χ4v) is 0.350. The van der Waals surface area contributed by atoms with Gasteiger partial charge in [0.05, 0.1) is 0 Å². The van der Waals surface area contributed by atoms with Crippen LogP contribution in [0.1, 0.15) is 13.3 Å². The summed E-state index contributed by atoms with van der Waals surface area (Å²) in [6.45, 7) is 1.85. The van der Waals surface area contributed by atoms with Crippen molar-refractivity contribution in [3.05, 3.63) is 12.3 Å². The second kappa shape index (κ2) is 4.13. The van der Waals surface area contributed by atoms with E-state index in [2.05, 4.69) is 0 Å². The summed E-state index contributed by atoms with van der Waals surface area (Å²) in [6, 6.07) is 0. The van der Waals surface area contributed by atoms with Gasteiger partial charge in [0.1, 0.15) is 0 Å². The molecule has 0 heterocycles. The Hall–Kier alpha value is -0.790. The first kappa shape index (κ1) is 8.21. The Labute approximate surface area is 56.2 Å². The average molecular weight is 127 g/mol. The second-order valence-electron chi connectivity index (χ2n) is 2.10. The molecule has 2 heteroatoms. The van der Waals surface area contributed by atoms with Crippen molar-refractivity contribution in [3.8, 4) is 0 Å². The summed E-state index contributed by atoms with van der Waals surface area (Å²) in [5.41, 5.74) is 0. The Morgan fingerprint density at radius 1 is 1.56 bits per heavy atom. The van der Waals surface area contributed by atoms with Gasteiger partial charge >= 0.3 is 0 Å². The zero-order valence-electron chi connectivity index (χ0n) is 6.22. The molecule has 0 amide bonds. The second-order valence-corrected chi connectivity index (χ2v) is 2.10. The van der Waals surface area contributed by atoms with Crippen molar-refractivity contribution in [1.29, 1.82) is 0 Å². The molecular weight excluding hydrogens is 114 g/mol. The highest BCUT2D eigenvalue weighted by molar-refractivity contribution is 5.89. The summed E-state index contributed by atoms with van der Waals surface area (Å²) < 4.78 is 0. The summed E-state index contributed by atoms with van der Waals surface area (Å²) in [7, 11) is 3.78. The molecule has 0 unspecified atom stereocenters. The van der Waals surface area contributed by atoms with Crippen LogP contribution in [-0.4, -0.2) is 24.8 Å². The van der Waals surface area contributed by atoms with Crippen LogP contribution >= 0.6 is 0 Å². The molecule has 0 aliphatic heterocycles. The van der Waals surface area contributed by atoms with Crippen LogP contribution in [-0.2, 0) is 4.79 Å². The molecule has 2 nitrogen and oxygen atoms in total. The largest absolute Gasteiger partial charge is 0.383 e. The van der Waals surface area contributed by atoms with Gasteiger partial charge in [-0.2, -0.15) is 0 Å². The molecule has 0 saturated heterocycles. The maximum absolute atomic E-state index is 10.6. The lowest BCUT2D eigenvalue weighted by atomic mass is 10.3. The van der Waals surface area contributed by atoms with Crippen LogP contribution in [0.15, 0.2) is 12.3 Å². The quantitative estimate of drug-likeness (QED) is 0.528. The van der Waals surface area contributed by atoms with Gasteiger partial charge < -0.3 is 4.90 Å². The zero-order valence-corrected chi connectivity index (χ0v) is 6.22. The number of carbonyl (C=O) groups is 1. The number of allylic oxidation sites excluding steroid dienone is 1. The van der Waals surface area contributed by atoms with Crippen molar-refractivity contribution in [3.63, 3.8) is 0 Å². The molecule has 0 fully saturated rings. The molecule has 0 aliphatic carbocycles. The number of hydrogen-bond donors (Lipinski definition) is 0. The topological polar surface area (TPSA) is 20.3 Å². The highest BCUT2D eigenvalue weighted by atomic mass is 16.1. The van der Waals surface area contributed by atoms with Crippen molar-refractivity contribution >= 4 is 5.78 Å². The summed E-state index contributed by atoms with van der Waals surface area (Å²) >= 11 is 0. The van der Waals surface area contributed by atoms with Gasteiger partial charge in [0.25, 0.3) is 0 Å². The van der Waals surface area contributed by atoms with E-state index in [0.29, 0.717) is 6.42 Å². The molecule has 0 N–H and O–H groups in total. The first-order valence-corrected chi connectivity index (χ1v) is 3.04. The lowest BCUT2D eigenvalue weighted by molar-refractivity contribution is -0.114. The first-order chi connectivity index (χ1) is 4.16. The predicted molar refractivity (Wildman–Crippen MR) is 38.1 cm³/mol. The van der Waals surface area contributed by atoms with Crippen molar-refractivity contribution < 1.29 is 4.79 Å². The number of hydrogen-bond acceptors (Lipinski definition) is 2. The van der Waals surface area contributed by atoms with Crippen LogP contribution in [0.3, 0.4) is 0 Å². The van der Waals surface area contributed by atoms with Crippen LogP contribution in [0.2, 0.25) is 0 Å². The highest BCUT2D eigenvalue weighted by Crippen LogP contribution is 1.83. The molecular formula is C7H13NO. The van der Waals surface area contributed by atoms with Crippen LogP contribution in [0.25, 0.3) is 0 Å². The van der Waals surface area contributed by atoms with Gasteiger partial charge in [-0.15, -0.1) is 0 Å². The first-order valence-electron chi connectivity index (χ1n) is 3.04. The summed E-state index contributed by atoms with van der Waals surface area (Å²) in [4.78, 5) is 12.4. The van der Waals surface area contributed by atoms with E-state index in [9.17, 15) is 4.79 Å². The minimum absolute atomic E-state index is 0.170. The molecule has 52 valence electrons. The average Bonchev–Trinajstić information content (AvgIpc) is 1.83. The summed E-state index contributed by atoms with van der Waals surface area (Å²) in [5.74, 6) is 0.170. The number of ketones is 1. The Bertz CT molecular complexity index is 116. The van der Waals surface area contributed by atoms with E-state index >= 15 is 0 Å². The van der Waals surface area contributed by atoms with E-state index in [1.54, 1.807) is 12.3 Å². The van der Waals surface area contributed by atoms with E-state index < -0.39 is 0 Å². The molecule has 0 aromatic rings.